The van der Waals surface area contributed by atoms with Gasteiger partial charge in [0.05, 0.1) is 17.1 Å². The Bertz CT molecular complexity index is 1700. The van der Waals surface area contributed by atoms with Gasteiger partial charge in [-0.25, -0.2) is 19.8 Å². The van der Waals surface area contributed by atoms with Crippen LogP contribution in [-0.2, 0) is 9.53 Å². The highest BCUT2D eigenvalue weighted by atomic mass is 32.2. The molecule has 0 bridgehead atoms. The van der Waals surface area contributed by atoms with Gasteiger partial charge < -0.3 is 36.6 Å². The Morgan fingerprint density at radius 3 is 2.15 bits per heavy atom. The van der Waals surface area contributed by atoms with Crippen molar-refractivity contribution in [1.29, 1.82) is 5.41 Å². The van der Waals surface area contributed by atoms with E-state index in [2.05, 4.69) is 25.0 Å². The number of rotatable bonds is 12. The lowest BCUT2D eigenvalue weighted by Gasteiger charge is -2.24. The normalized spacial score (nSPS) is 12.1. The van der Waals surface area contributed by atoms with Crippen LogP contribution in [0.3, 0.4) is 0 Å². The lowest BCUT2D eigenvalue weighted by atomic mass is 10.1. The fourth-order valence-corrected chi connectivity index (χ4v) is 4.54. The van der Waals surface area contributed by atoms with Crippen molar-refractivity contribution in [2.75, 3.05) is 25.9 Å². The van der Waals surface area contributed by atoms with Crippen LogP contribution in [0.2, 0.25) is 0 Å². The van der Waals surface area contributed by atoms with E-state index in [1.165, 1.54) is 41.3 Å². The number of ether oxygens (including phenoxy) is 2. The van der Waals surface area contributed by atoms with Gasteiger partial charge >= 0.3 is 12.5 Å². The van der Waals surface area contributed by atoms with E-state index < -0.39 is 12.0 Å². The largest absolute Gasteiger partial charge is 0.573 e. The zero-order valence-electron chi connectivity index (χ0n) is 30.0. The number of hydrogen-bond donors (Lipinski definition) is 4. The highest BCUT2D eigenvalue weighted by Crippen LogP contribution is 2.25. The summed E-state index contributed by atoms with van der Waals surface area (Å²) in [5.41, 5.74) is 16.0. The van der Waals surface area contributed by atoms with Crippen molar-refractivity contribution >= 4 is 58.7 Å². The monoisotopic (exact) mass is 742 g/mol. The Balaban J connectivity index is 0.000000364. The maximum Gasteiger partial charge on any atom is 0.573 e. The van der Waals surface area contributed by atoms with Crippen LogP contribution in [0.4, 0.5) is 29.3 Å². The van der Waals surface area contributed by atoms with E-state index in [9.17, 15) is 22.8 Å². The molecule has 52 heavy (non-hydrogen) atoms. The molecule has 0 aliphatic rings. The molecule has 0 saturated heterocycles. The van der Waals surface area contributed by atoms with Gasteiger partial charge in [-0.05, 0) is 82.0 Å². The van der Waals surface area contributed by atoms with E-state index in [0.717, 1.165) is 34.5 Å². The SMILES string of the molecule is Cc1cccc(C)c1N=C(N)SCC(=O)NCCCN(C)C(=O)OC(C)(C)C.N=Cc1ccc(C(N)=NC=Nc2ccc(OC(F)(F)F)cc2)cc1. The summed E-state index contributed by atoms with van der Waals surface area (Å²) in [4.78, 5) is 37.7. The number of carbonyl (C=O) groups is 2. The second kappa shape index (κ2) is 20.5. The number of nitrogens with one attached hydrogen (secondary N) is 2. The van der Waals surface area contributed by atoms with Crippen LogP contribution in [0, 0.1) is 19.3 Å². The highest BCUT2D eigenvalue weighted by molar-refractivity contribution is 8.14. The van der Waals surface area contributed by atoms with Gasteiger partial charge in [-0.15, -0.1) is 13.2 Å². The fraction of sp³-hybridized carbons (Fsp3) is 0.333. The summed E-state index contributed by atoms with van der Waals surface area (Å²) < 4.78 is 45.2. The number of nitrogens with zero attached hydrogens (tertiary/aromatic N) is 4. The first-order valence-electron chi connectivity index (χ1n) is 15.9. The van der Waals surface area contributed by atoms with Gasteiger partial charge in [0.25, 0.3) is 0 Å². The molecule has 6 N–H and O–H groups in total. The molecule has 2 amide bonds. The average Bonchev–Trinajstić information content (AvgIpc) is 3.07. The number of alkyl halides is 3. The molecule has 0 radical (unpaired) electrons. The highest BCUT2D eigenvalue weighted by Gasteiger charge is 2.31. The molecule has 0 aliphatic carbocycles. The molecular formula is C36H45F3N8O4S. The van der Waals surface area contributed by atoms with E-state index >= 15 is 0 Å². The smallest absolute Gasteiger partial charge is 0.444 e. The molecule has 3 rings (SSSR count). The fourth-order valence-electron chi connectivity index (χ4n) is 4.01. The number of thioether (sulfide) groups is 1. The number of amides is 2. The molecule has 0 heterocycles. The van der Waals surface area contributed by atoms with Gasteiger partial charge in [0.15, 0.2) is 5.17 Å². The van der Waals surface area contributed by atoms with Crippen molar-refractivity contribution in [3.05, 3.63) is 89.0 Å². The standard InChI is InChI=1S/C20H32N4O3S.C16H13F3N4O/c1-14-9-7-10-15(2)17(14)23-18(21)28-13-16(25)22-11-8-12-24(6)19(26)27-20(3,4)5;17-16(18,19)24-14-7-5-13(6-8-14)22-10-23-15(21)12-3-1-11(9-20)2-4-12/h7,9-10H,8,11-13H2,1-6H3,(H2,21,23)(H,22,25);1-10,20H,(H2,21,22,23). The van der Waals surface area contributed by atoms with Crippen molar-refractivity contribution < 1.29 is 32.2 Å². The van der Waals surface area contributed by atoms with E-state index in [0.29, 0.717) is 35.9 Å². The number of aryl methyl sites for hydroxylation is 2. The van der Waals surface area contributed by atoms with Crippen molar-refractivity contribution in [3.63, 3.8) is 0 Å². The molecule has 0 saturated carbocycles. The predicted molar refractivity (Wildman–Crippen MR) is 202 cm³/mol. The third-order valence-corrected chi connectivity index (χ3v) is 7.35. The number of amidine groups is 2. The summed E-state index contributed by atoms with van der Waals surface area (Å²) in [6.07, 6.45) is -2.04. The minimum Gasteiger partial charge on any atom is -0.444 e. The molecule has 0 aromatic heterocycles. The Kier molecular flexibility index (Phi) is 16.8. The van der Waals surface area contributed by atoms with Crippen LogP contribution in [-0.4, -0.2) is 78.3 Å². The van der Waals surface area contributed by atoms with E-state index in [4.69, 9.17) is 21.6 Å². The lowest BCUT2D eigenvalue weighted by Crippen LogP contribution is -2.36. The molecule has 16 heteroatoms. The van der Waals surface area contributed by atoms with Crippen LogP contribution in [0.15, 0.2) is 81.7 Å². The number of para-hydroxylation sites is 1. The number of benzene rings is 3. The number of halogens is 3. The topological polar surface area (TPSA) is 181 Å². The summed E-state index contributed by atoms with van der Waals surface area (Å²) in [7, 11) is 1.68. The quantitative estimate of drug-likeness (QED) is 0.0875. The maximum absolute atomic E-state index is 12.0. The van der Waals surface area contributed by atoms with E-state index in [-0.39, 0.29) is 29.3 Å². The van der Waals surface area contributed by atoms with Crippen LogP contribution in [0.5, 0.6) is 5.75 Å². The minimum absolute atomic E-state index is 0.121. The average molecular weight is 743 g/mol. The van der Waals surface area contributed by atoms with Crippen LogP contribution >= 0.6 is 11.8 Å². The molecule has 0 fully saturated rings. The van der Waals surface area contributed by atoms with Gasteiger partial charge in [-0.3, -0.25) is 4.79 Å². The van der Waals surface area contributed by atoms with Crippen LogP contribution in [0.1, 0.15) is 49.4 Å². The summed E-state index contributed by atoms with van der Waals surface area (Å²) >= 11 is 1.20. The Morgan fingerprint density at radius 1 is 0.981 bits per heavy atom. The molecule has 3 aromatic rings. The molecule has 0 spiro atoms. The lowest BCUT2D eigenvalue weighted by molar-refractivity contribution is -0.274. The van der Waals surface area contributed by atoms with Crippen molar-refractivity contribution in [1.82, 2.24) is 10.2 Å². The van der Waals surface area contributed by atoms with Gasteiger partial charge in [-0.2, -0.15) is 0 Å². The Morgan fingerprint density at radius 2 is 1.60 bits per heavy atom. The molecule has 0 aliphatic heterocycles. The molecule has 280 valence electrons. The second-order valence-electron chi connectivity index (χ2n) is 12.2. The van der Waals surface area contributed by atoms with Gasteiger partial charge in [0, 0.05) is 31.9 Å². The first kappa shape index (κ1) is 42.8. The summed E-state index contributed by atoms with van der Waals surface area (Å²) in [6.45, 7) is 10.4. The predicted octanol–water partition coefficient (Wildman–Crippen LogP) is 7.00. The molecule has 3 aromatic carbocycles. The Labute approximate surface area is 306 Å². The molecular weight excluding hydrogens is 698 g/mol. The second-order valence-corrected chi connectivity index (χ2v) is 13.1. The number of hydrogen-bond acceptors (Lipinski definition) is 8. The van der Waals surface area contributed by atoms with E-state index in [1.807, 2.05) is 52.8 Å². The third kappa shape index (κ3) is 17.0. The zero-order chi connectivity index (χ0) is 38.9. The Hall–Kier alpha value is -5.38. The minimum atomic E-state index is -4.73. The van der Waals surface area contributed by atoms with Crippen molar-refractivity contribution in [2.24, 2.45) is 26.4 Å². The first-order chi connectivity index (χ1) is 24.4. The summed E-state index contributed by atoms with van der Waals surface area (Å²) in [5.74, 6) is -0.0186. The van der Waals surface area contributed by atoms with E-state index in [1.54, 1.807) is 31.3 Å². The van der Waals surface area contributed by atoms with Gasteiger partial charge in [0.2, 0.25) is 5.91 Å². The molecule has 0 unspecified atom stereocenters. The number of aliphatic imine (C=N–C) groups is 3. The summed E-state index contributed by atoms with van der Waals surface area (Å²) in [5, 5.41) is 10.3. The first-order valence-corrected chi connectivity index (χ1v) is 16.9. The van der Waals surface area contributed by atoms with Gasteiger partial charge in [0.1, 0.15) is 23.5 Å². The maximum atomic E-state index is 12.0. The molecule has 0 atom stereocenters. The number of carbonyl (C=O) groups excluding carboxylic acids is 2. The van der Waals surface area contributed by atoms with Crippen molar-refractivity contribution in [2.45, 2.75) is 53.0 Å². The number of nitrogens with two attached hydrogens (primary N) is 2. The van der Waals surface area contributed by atoms with Crippen molar-refractivity contribution in [3.8, 4) is 5.75 Å². The molecule has 12 nitrogen and oxygen atoms in total. The van der Waals surface area contributed by atoms with Gasteiger partial charge in [-0.1, -0.05) is 54.2 Å². The summed E-state index contributed by atoms with van der Waals surface area (Å²) in [6, 6.07) is 17.8. The van der Waals surface area contributed by atoms with Crippen LogP contribution < -0.4 is 21.5 Å². The van der Waals surface area contributed by atoms with Crippen LogP contribution in [0.25, 0.3) is 0 Å². The zero-order valence-corrected chi connectivity index (χ0v) is 30.8. The third-order valence-electron chi connectivity index (χ3n) is 6.56.